The second-order valence-electron chi connectivity index (χ2n) is 17.5. The van der Waals surface area contributed by atoms with Crippen molar-refractivity contribution in [3.05, 3.63) is 178 Å². The van der Waals surface area contributed by atoms with Crippen molar-refractivity contribution in [2.24, 2.45) is 0 Å². The molecule has 0 radical (unpaired) electrons. The maximum atomic E-state index is 13.5. The number of amides is 2. The van der Waals surface area contributed by atoms with Crippen LogP contribution < -0.4 is 39.2 Å². The second-order valence-corrected chi connectivity index (χ2v) is 17.5. The third-order valence-electron chi connectivity index (χ3n) is 12.8. The van der Waals surface area contributed by atoms with Gasteiger partial charge in [-0.2, -0.15) is 4.89 Å². The van der Waals surface area contributed by atoms with Gasteiger partial charge in [0.25, 0.3) is 11.8 Å². The van der Waals surface area contributed by atoms with Gasteiger partial charge in [-0.25, -0.2) is 4.79 Å². The number of hydrogen-bond acceptors (Lipinski definition) is 10. The van der Waals surface area contributed by atoms with Crippen LogP contribution >= 0.6 is 0 Å². The normalized spacial score (nSPS) is 14.5. The van der Waals surface area contributed by atoms with E-state index in [-0.39, 0.29) is 18.4 Å². The van der Waals surface area contributed by atoms with E-state index in [1.54, 1.807) is 86.0 Å². The van der Waals surface area contributed by atoms with Crippen LogP contribution in [0, 0.1) is 0 Å². The van der Waals surface area contributed by atoms with Gasteiger partial charge in [-0.1, -0.05) is 75.2 Å². The van der Waals surface area contributed by atoms with E-state index >= 15 is 0 Å². The van der Waals surface area contributed by atoms with E-state index in [0.717, 1.165) is 79.4 Å². The van der Waals surface area contributed by atoms with E-state index in [1.165, 1.54) is 18.7 Å². The number of rotatable bonds is 22. The van der Waals surface area contributed by atoms with Gasteiger partial charge in [-0.3, -0.25) is 9.59 Å². The van der Waals surface area contributed by atoms with E-state index in [4.69, 9.17) is 33.5 Å². The number of fused-ring (bicyclic) bond motifs is 4. The molecule has 2 aliphatic rings. The highest BCUT2D eigenvalue weighted by atomic mass is 17.2. The van der Waals surface area contributed by atoms with Crippen molar-refractivity contribution >= 4 is 41.3 Å². The van der Waals surface area contributed by atoms with Gasteiger partial charge in [0.15, 0.2) is 5.75 Å². The minimum atomic E-state index is -0.525. The lowest BCUT2D eigenvalue weighted by Gasteiger charge is -2.29. The number of anilines is 2. The van der Waals surface area contributed by atoms with Crippen LogP contribution in [0.1, 0.15) is 106 Å². The second kappa shape index (κ2) is 23.7. The summed E-state index contributed by atoms with van der Waals surface area (Å²) in [5.74, 6) is 2.48. The van der Waals surface area contributed by atoms with E-state index in [1.807, 2.05) is 48.6 Å². The lowest BCUT2D eigenvalue weighted by Crippen LogP contribution is -2.24. The van der Waals surface area contributed by atoms with Gasteiger partial charge < -0.3 is 39.2 Å². The molecule has 1 unspecified atom stereocenters. The maximum absolute atomic E-state index is 13.5. The molecule has 2 amide bonds. The van der Waals surface area contributed by atoms with E-state index < -0.39 is 11.4 Å². The number of esters is 1. The number of methoxy groups -OCH3 is 2. The molecule has 1 spiro atoms. The minimum Gasteiger partial charge on any atom is -0.495 e. The number of hydrogen-bond donors (Lipinski definition) is 2. The Morgan fingerprint density at radius 1 is 0.592 bits per heavy atom. The van der Waals surface area contributed by atoms with Crippen LogP contribution in [0.2, 0.25) is 0 Å². The Labute approximate surface area is 415 Å². The Morgan fingerprint density at radius 3 is 1.62 bits per heavy atom. The summed E-state index contributed by atoms with van der Waals surface area (Å²) in [4.78, 5) is 51.6. The summed E-state index contributed by atoms with van der Waals surface area (Å²) in [5.41, 5.74) is 7.48. The van der Waals surface area contributed by atoms with Crippen molar-refractivity contribution in [3.8, 4) is 34.5 Å². The van der Waals surface area contributed by atoms with Gasteiger partial charge in [0.2, 0.25) is 0 Å². The molecule has 0 saturated carbocycles. The average Bonchev–Trinajstić information content (AvgIpc) is 3.97. The molecule has 12 nitrogen and oxygen atoms in total. The molecule has 6 aromatic carbocycles. The molecule has 0 fully saturated rings. The van der Waals surface area contributed by atoms with Gasteiger partial charge >= 0.3 is 5.97 Å². The SMILES string of the molecule is CCCCOc1ccc(C(=O)Nc2ccc(/C=C/COOc3cccc4c3C3(CC4)CCc4cccc(OC(=O)/C=C/c5ccc(NC(=O)c6ccc(OCCCC)cc6)c(OC)c5)c43)cc2OC)cc1. The molecule has 0 aromatic heterocycles. The Morgan fingerprint density at radius 2 is 1.10 bits per heavy atom. The number of aryl methyl sites for hydroxylation is 2. The Hall–Kier alpha value is -7.83. The first kappa shape index (κ1) is 49.6. The Bertz CT molecular complexity index is 2890. The first-order valence-electron chi connectivity index (χ1n) is 24.3. The van der Waals surface area contributed by atoms with Crippen LogP contribution in [0.25, 0.3) is 12.2 Å². The molecule has 0 aliphatic heterocycles. The predicted molar refractivity (Wildman–Crippen MR) is 276 cm³/mol. The predicted octanol–water partition coefficient (Wildman–Crippen LogP) is 12.4. The molecule has 0 heterocycles. The minimum absolute atomic E-state index is 0.161. The maximum Gasteiger partial charge on any atom is 0.336 e. The number of benzene rings is 6. The van der Waals surface area contributed by atoms with Crippen LogP contribution in [-0.4, -0.2) is 51.8 Å². The van der Waals surface area contributed by atoms with Crippen molar-refractivity contribution in [1.29, 1.82) is 0 Å². The van der Waals surface area contributed by atoms with Crippen LogP contribution in [0.4, 0.5) is 11.4 Å². The summed E-state index contributed by atoms with van der Waals surface area (Å²) in [7, 11) is 3.09. The first-order chi connectivity index (χ1) is 34.7. The Balaban J connectivity index is 0.883. The van der Waals surface area contributed by atoms with Gasteiger partial charge in [0.05, 0.1) is 38.8 Å². The third kappa shape index (κ3) is 12.0. The smallest absolute Gasteiger partial charge is 0.336 e. The molecular formula is C59H60N2O10. The first-order valence-corrected chi connectivity index (χ1v) is 24.3. The molecule has 12 heteroatoms. The summed E-state index contributed by atoms with van der Waals surface area (Å²) in [5, 5.41) is 5.86. The molecule has 1 atom stereocenters. The zero-order chi connectivity index (χ0) is 49.6. The van der Waals surface area contributed by atoms with Crippen LogP contribution in [-0.2, 0) is 27.9 Å². The highest BCUT2D eigenvalue weighted by molar-refractivity contribution is 6.06. The van der Waals surface area contributed by atoms with Crippen LogP contribution in [0.15, 0.2) is 133 Å². The van der Waals surface area contributed by atoms with Crippen molar-refractivity contribution in [2.75, 3.05) is 44.7 Å². The summed E-state index contributed by atoms with van der Waals surface area (Å²) in [6.07, 6.45) is 14.2. The molecule has 0 bridgehead atoms. The number of unbranched alkanes of at least 4 members (excludes halogenated alkanes) is 2. The number of carbonyl (C=O) groups is 3. The van der Waals surface area contributed by atoms with Gasteiger partial charge in [-0.05, 0) is 152 Å². The van der Waals surface area contributed by atoms with Crippen molar-refractivity contribution < 1.29 is 47.8 Å². The van der Waals surface area contributed by atoms with E-state index in [9.17, 15) is 14.4 Å². The number of nitrogens with one attached hydrogen (secondary N) is 2. The van der Waals surface area contributed by atoms with Gasteiger partial charge in [0, 0.05) is 33.7 Å². The quantitative estimate of drug-likeness (QED) is 0.0169. The highest BCUT2D eigenvalue weighted by Gasteiger charge is 2.49. The standard InChI is InChI=1S/C59H60N2O10/c1-5-7-35-67-46-24-20-44(21-25-46)57(63)60-48-28-17-40(38-52(48)65-3)12-11-37-69-71-51-16-10-14-43-32-34-59(56(43)51)33-31-42-13-9-15-50(55(42)59)70-54(62)30-19-41-18-29-49(53(39-41)66-4)61-58(64)45-22-26-47(27-23-45)68-36-8-6-2/h9-30,38-39H,5-8,31-37H2,1-4H3,(H,60,63)(H,61,64)/b12-11+,30-19+. The summed E-state index contributed by atoms with van der Waals surface area (Å²) in [6, 6.07) is 36.8. The molecule has 366 valence electrons. The average molecular weight is 957 g/mol. The summed E-state index contributed by atoms with van der Waals surface area (Å²) in [6.45, 7) is 5.65. The molecule has 2 N–H and O–H groups in total. The van der Waals surface area contributed by atoms with E-state index in [2.05, 4.69) is 36.6 Å². The third-order valence-corrected chi connectivity index (χ3v) is 12.8. The molecular weight excluding hydrogens is 897 g/mol. The van der Waals surface area contributed by atoms with Crippen LogP contribution in [0.5, 0.6) is 34.5 Å². The fraction of sp³-hybridized carbons (Fsp3) is 0.271. The zero-order valence-corrected chi connectivity index (χ0v) is 40.7. The van der Waals surface area contributed by atoms with Crippen molar-refractivity contribution in [3.63, 3.8) is 0 Å². The fourth-order valence-corrected chi connectivity index (χ4v) is 9.18. The Kier molecular flexibility index (Phi) is 16.5. The largest absolute Gasteiger partial charge is 0.495 e. The topological polar surface area (TPSA) is 140 Å². The molecule has 8 rings (SSSR count). The fourth-order valence-electron chi connectivity index (χ4n) is 9.18. The lowest BCUT2D eigenvalue weighted by molar-refractivity contribution is -0.196. The molecule has 0 saturated heterocycles. The van der Waals surface area contributed by atoms with Gasteiger partial charge in [0.1, 0.15) is 35.4 Å². The number of ether oxygens (including phenoxy) is 5. The molecule has 71 heavy (non-hydrogen) atoms. The van der Waals surface area contributed by atoms with Gasteiger partial charge in [-0.15, -0.1) is 0 Å². The van der Waals surface area contributed by atoms with Crippen molar-refractivity contribution in [1.82, 2.24) is 0 Å². The highest BCUT2D eigenvalue weighted by Crippen LogP contribution is 2.57. The zero-order valence-electron chi connectivity index (χ0n) is 40.7. The summed E-state index contributed by atoms with van der Waals surface area (Å²) >= 11 is 0. The van der Waals surface area contributed by atoms with E-state index in [0.29, 0.717) is 70.0 Å². The lowest BCUT2D eigenvalue weighted by atomic mass is 9.76. The number of carbonyl (C=O) groups excluding carboxylic acids is 3. The monoisotopic (exact) mass is 956 g/mol. The molecule has 6 aromatic rings. The van der Waals surface area contributed by atoms with Crippen LogP contribution in [0.3, 0.4) is 0 Å². The van der Waals surface area contributed by atoms with Crippen molar-refractivity contribution in [2.45, 2.75) is 70.6 Å². The molecule has 2 aliphatic carbocycles. The summed E-state index contributed by atoms with van der Waals surface area (Å²) < 4.78 is 28.8.